The average Bonchev–Trinajstić information content (AvgIpc) is 2.35. The molecule has 3 nitrogen and oxygen atoms in total. The third-order valence-corrected chi connectivity index (χ3v) is 2.87. The number of nitrogens with two attached hydrogens (primary N) is 1. The van der Waals surface area contributed by atoms with Gasteiger partial charge in [0.05, 0.1) is 13.7 Å². The molecule has 0 aliphatic heterocycles. The van der Waals surface area contributed by atoms with E-state index < -0.39 is 0 Å². The molecule has 0 bridgehead atoms. The highest BCUT2D eigenvalue weighted by Gasteiger charge is 2.09. The van der Waals surface area contributed by atoms with Gasteiger partial charge in [0.2, 0.25) is 0 Å². The van der Waals surface area contributed by atoms with Crippen LogP contribution in [0.3, 0.4) is 0 Å². The maximum absolute atomic E-state index is 5.88. The number of methoxy groups -OCH3 is 1. The van der Waals surface area contributed by atoms with E-state index in [0.717, 1.165) is 42.4 Å². The Labute approximate surface area is 110 Å². The Bertz CT molecular complexity index is 350. The molecule has 0 heterocycles. The average molecular weight is 251 g/mol. The number of ether oxygens (including phenoxy) is 2. The monoisotopic (exact) mass is 251 g/mol. The number of hydrogen-bond donors (Lipinski definition) is 1. The van der Waals surface area contributed by atoms with Gasteiger partial charge in [-0.3, -0.25) is 0 Å². The lowest BCUT2D eigenvalue weighted by molar-refractivity contribution is 0.277. The summed E-state index contributed by atoms with van der Waals surface area (Å²) in [6.45, 7) is 5.80. The van der Waals surface area contributed by atoms with E-state index in [0.29, 0.717) is 6.54 Å². The third-order valence-electron chi connectivity index (χ3n) is 2.87. The van der Waals surface area contributed by atoms with Gasteiger partial charge in [0.1, 0.15) is 0 Å². The largest absolute Gasteiger partial charge is 0.493 e. The van der Waals surface area contributed by atoms with E-state index in [1.54, 1.807) is 7.11 Å². The summed E-state index contributed by atoms with van der Waals surface area (Å²) >= 11 is 0. The fraction of sp³-hybridized carbons (Fsp3) is 0.600. The van der Waals surface area contributed by atoms with Crippen LogP contribution in [0.15, 0.2) is 18.2 Å². The van der Waals surface area contributed by atoms with Gasteiger partial charge >= 0.3 is 0 Å². The van der Waals surface area contributed by atoms with E-state index in [9.17, 15) is 0 Å². The standard InChI is InChI=1S/C15H25NO2/c1-12(2)6-5-11-18-15-13(9-10-16)7-4-8-14(15)17-3/h4,7-8,12H,5-6,9-11,16H2,1-3H3. The van der Waals surface area contributed by atoms with E-state index in [-0.39, 0.29) is 0 Å². The lowest BCUT2D eigenvalue weighted by Crippen LogP contribution is -2.07. The Kier molecular flexibility index (Phi) is 6.58. The normalized spacial score (nSPS) is 10.7. The molecule has 102 valence electrons. The van der Waals surface area contributed by atoms with Gasteiger partial charge in [-0.15, -0.1) is 0 Å². The zero-order valence-corrected chi connectivity index (χ0v) is 11.7. The predicted octanol–water partition coefficient (Wildman–Crippen LogP) is 3.01. The fourth-order valence-corrected chi connectivity index (χ4v) is 1.90. The van der Waals surface area contributed by atoms with E-state index in [4.69, 9.17) is 15.2 Å². The second kappa shape index (κ2) is 7.98. The molecule has 0 unspecified atom stereocenters. The van der Waals surface area contributed by atoms with Gasteiger partial charge in [0.15, 0.2) is 11.5 Å². The second-order valence-corrected chi connectivity index (χ2v) is 4.87. The molecule has 0 aromatic heterocycles. The molecule has 1 rings (SSSR count). The zero-order chi connectivity index (χ0) is 13.4. The smallest absolute Gasteiger partial charge is 0.164 e. The minimum absolute atomic E-state index is 0.621. The van der Waals surface area contributed by atoms with E-state index in [1.807, 2.05) is 18.2 Å². The molecular weight excluding hydrogens is 226 g/mol. The minimum atomic E-state index is 0.621. The van der Waals surface area contributed by atoms with Crippen molar-refractivity contribution >= 4 is 0 Å². The first kappa shape index (κ1) is 14.8. The molecule has 0 saturated carbocycles. The van der Waals surface area contributed by atoms with E-state index in [2.05, 4.69) is 13.8 Å². The summed E-state index contributed by atoms with van der Waals surface area (Å²) in [7, 11) is 1.67. The van der Waals surface area contributed by atoms with Crippen molar-refractivity contribution in [3.8, 4) is 11.5 Å². The molecule has 3 heteroatoms. The minimum Gasteiger partial charge on any atom is -0.493 e. The maximum Gasteiger partial charge on any atom is 0.164 e. The summed E-state index contributed by atoms with van der Waals surface area (Å²) < 4.78 is 11.2. The Morgan fingerprint density at radius 3 is 2.67 bits per heavy atom. The van der Waals surface area contributed by atoms with Crippen LogP contribution < -0.4 is 15.2 Å². The molecule has 0 aliphatic carbocycles. The summed E-state index contributed by atoms with van der Waals surface area (Å²) in [5, 5.41) is 0. The van der Waals surface area contributed by atoms with Crippen molar-refractivity contribution in [1.82, 2.24) is 0 Å². The molecule has 1 aromatic rings. The Morgan fingerprint density at radius 1 is 1.28 bits per heavy atom. The highest BCUT2D eigenvalue weighted by molar-refractivity contribution is 5.46. The second-order valence-electron chi connectivity index (χ2n) is 4.87. The Hall–Kier alpha value is -1.22. The summed E-state index contributed by atoms with van der Waals surface area (Å²) in [4.78, 5) is 0. The molecule has 0 radical (unpaired) electrons. The van der Waals surface area contributed by atoms with Crippen molar-refractivity contribution in [2.75, 3.05) is 20.3 Å². The molecule has 1 aromatic carbocycles. The Balaban J connectivity index is 2.65. The number of hydrogen-bond acceptors (Lipinski definition) is 3. The SMILES string of the molecule is COc1cccc(CCN)c1OCCCC(C)C. The van der Waals surface area contributed by atoms with Crippen molar-refractivity contribution in [1.29, 1.82) is 0 Å². The van der Waals surface area contributed by atoms with Crippen molar-refractivity contribution in [2.24, 2.45) is 11.7 Å². The van der Waals surface area contributed by atoms with Gasteiger partial charge in [0, 0.05) is 0 Å². The summed E-state index contributed by atoms with van der Waals surface area (Å²) in [6, 6.07) is 5.95. The molecule has 0 saturated heterocycles. The first-order valence-electron chi connectivity index (χ1n) is 6.67. The highest BCUT2D eigenvalue weighted by atomic mass is 16.5. The van der Waals surface area contributed by atoms with Gasteiger partial charge < -0.3 is 15.2 Å². The number of rotatable bonds is 8. The van der Waals surface area contributed by atoms with Crippen LogP contribution in [0.2, 0.25) is 0 Å². The van der Waals surface area contributed by atoms with E-state index in [1.165, 1.54) is 6.42 Å². The molecule has 18 heavy (non-hydrogen) atoms. The van der Waals surface area contributed by atoms with E-state index >= 15 is 0 Å². The van der Waals surface area contributed by atoms with Gasteiger partial charge in [-0.25, -0.2) is 0 Å². The van der Waals surface area contributed by atoms with Crippen molar-refractivity contribution in [3.63, 3.8) is 0 Å². The van der Waals surface area contributed by atoms with Crippen LogP contribution in [0.5, 0.6) is 11.5 Å². The Morgan fingerprint density at radius 2 is 2.06 bits per heavy atom. The number of benzene rings is 1. The van der Waals surface area contributed by atoms with Crippen LogP contribution in [-0.4, -0.2) is 20.3 Å². The fourth-order valence-electron chi connectivity index (χ4n) is 1.90. The molecule has 2 N–H and O–H groups in total. The van der Waals surface area contributed by atoms with Crippen molar-refractivity contribution in [3.05, 3.63) is 23.8 Å². The third kappa shape index (κ3) is 4.57. The zero-order valence-electron chi connectivity index (χ0n) is 11.7. The topological polar surface area (TPSA) is 44.5 Å². The summed E-state index contributed by atoms with van der Waals surface area (Å²) in [5.74, 6) is 2.37. The first-order chi connectivity index (χ1) is 8.69. The van der Waals surface area contributed by atoms with Crippen LogP contribution in [-0.2, 0) is 6.42 Å². The van der Waals surface area contributed by atoms with Crippen molar-refractivity contribution in [2.45, 2.75) is 33.1 Å². The summed E-state index contributed by atoms with van der Waals surface area (Å²) in [5.41, 5.74) is 6.75. The lowest BCUT2D eigenvalue weighted by Gasteiger charge is -2.15. The molecule has 0 atom stereocenters. The summed E-state index contributed by atoms with van der Waals surface area (Å²) in [6.07, 6.45) is 3.07. The van der Waals surface area contributed by atoms with Crippen molar-refractivity contribution < 1.29 is 9.47 Å². The predicted molar refractivity (Wildman–Crippen MR) is 75.3 cm³/mol. The quantitative estimate of drug-likeness (QED) is 0.722. The molecule has 0 aliphatic rings. The van der Waals surface area contributed by atoms with Crippen LogP contribution in [0.4, 0.5) is 0 Å². The molecule has 0 amide bonds. The molecular formula is C15H25NO2. The maximum atomic E-state index is 5.88. The number of para-hydroxylation sites is 1. The van der Waals surface area contributed by atoms with Crippen LogP contribution >= 0.6 is 0 Å². The first-order valence-corrected chi connectivity index (χ1v) is 6.67. The van der Waals surface area contributed by atoms with Gasteiger partial charge in [0.25, 0.3) is 0 Å². The highest BCUT2D eigenvalue weighted by Crippen LogP contribution is 2.31. The van der Waals surface area contributed by atoms with Gasteiger partial charge in [-0.05, 0) is 43.4 Å². The lowest BCUT2D eigenvalue weighted by atomic mass is 10.1. The molecule has 0 fully saturated rings. The van der Waals surface area contributed by atoms with Crippen LogP contribution in [0.25, 0.3) is 0 Å². The van der Waals surface area contributed by atoms with Crippen LogP contribution in [0.1, 0.15) is 32.3 Å². The molecule has 0 spiro atoms. The van der Waals surface area contributed by atoms with Gasteiger partial charge in [-0.2, -0.15) is 0 Å². The van der Waals surface area contributed by atoms with Crippen LogP contribution in [0, 0.1) is 5.92 Å². The van der Waals surface area contributed by atoms with Gasteiger partial charge in [-0.1, -0.05) is 26.0 Å².